The van der Waals surface area contributed by atoms with E-state index in [0.29, 0.717) is 5.89 Å². The van der Waals surface area contributed by atoms with Gasteiger partial charge < -0.3 is 9.26 Å². The Balaban J connectivity index is 1.91. The van der Waals surface area contributed by atoms with Gasteiger partial charge >= 0.3 is 5.95 Å². The Morgan fingerprint density at radius 1 is 1.50 bits per heavy atom. The standard InChI is InChI=1S/C5H4N4O3/c1-5(12-9-7-1)10-2-4-6-3-8-11-4/h1,3H,2H2/p+1. The van der Waals surface area contributed by atoms with Crippen LogP contribution < -0.4 is 9.84 Å². The molecule has 0 aliphatic rings. The number of hydrogen-bond donors (Lipinski definition) is 0. The van der Waals surface area contributed by atoms with E-state index in [2.05, 4.69) is 29.6 Å². The van der Waals surface area contributed by atoms with Gasteiger partial charge in [0.2, 0.25) is 0 Å². The summed E-state index contributed by atoms with van der Waals surface area (Å²) in [4.78, 5) is 3.74. The highest BCUT2D eigenvalue weighted by Gasteiger charge is 2.05. The first-order chi connectivity index (χ1) is 5.95. The summed E-state index contributed by atoms with van der Waals surface area (Å²) in [5.41, 5.74) is 0. The number of nitrogens with zero attached hydrogens (tertiary/aromatic N) is 3. The van der Waals surface area contributed by atoms with Crippen LogP contribution in [0.5, 0.6) is 5.95 Å². The second kappa shape index (κ2) is 2.99. The van der Waals surface area contributed by atoms with Gasteiger partial charge in [-0.1, -0.05) is 10.3 Å². The fourth-order valence-corrected chi connectivity index (χ4v) is 0.637. The van der Waals surface area contributed by atoms with E-state index in [-0.39, 0.29) is 12.6 Å². The van der Waals surface area contributed by atoms with Crippen LogP contribution in [-0.4, -0.2) is 15.4 Å². The van der Waals surface area contributed by atoms with Crippen molar-refractivity contribution in [1.82, 2.24) is 15.4 Å². The van der Waals surface area contributed by atoms with Crippen LogP contribution in [0.15, 0.2) is 21.6 Å². The van der Waals surface area contributed by atoms with Crippen LogP contribution in [0.1, 0.15) is 5.89 Å². The minimum atomic E-state index is 0.170. The maximum absolute atomic E-state index is 5.03. The third kappa shape index (κ3) is 1.39. The second-order valence-electron chi connectivity index (χ2n) is 1.90. The van der Waals surface area contributed by atoms with Gasteiger partial charge in [0.05, 0.1) is 0 Å². The summed E-state index contributed by atoms with van der Waals surface area (Å²) in [6.45, 7) is 0.170. The molecule has 7 nitrogen and oxygen atoms in total. The Hall–Kier alpha value is -1.92. The molecule has 0 radical (unpaired) electrons. The summed E-state index contributed by atoms with van der Waals surface area (Å²) >= 11 is 0. The number of nitrogens with one attached hydrogen (secondary N) is 1. The number of ether oxygens (including phenoxy) is 1. The summed E-state index contributed by atoms with van der Waals surface area (Å²) in [6.07, 6.45) is 2.77. The zero-order valence-corrected chi connectivity index (χ0v) is 5.93. The molecule has 0 spiro atoms. The molecule has 12 heavy (non-hydrogen) atoms. The van der Waals surface area contributed by atoms with Crippen molar-refractivity contribution < 1.29 is 18.9 Å². The first-order valence-electron chi connectivity index (χ1n) is 3.16. The summed E-state index contributed by atoms with van der Waals surface area (Å²) in [6, 6.07) is 0. The van der Waals surface area contributed by atoms with Gasteiger partial charge in [0.15, 0.2) is 18.2 Å². The number of hydrogen-bond acceptors (Lipinski definition) is 6. The predicted octanol–water partition coefficient (Wildman–Crippen LogP) is -0.549. The van der Waals surface area contributed by atoms with Gasteiger partial charge in [-0.25, -0.2) is 0 Å². The van der Waals surface area contributed by atoms with Crippen molar-refractivity contribution in [1.29, 1.82) is 0 Å². The smallest absolute Gasteiger partial charge is 0.383 e. The molecule has 2 heterocycles. The predicted molar refractivity (Wildman–Crippen MR) is 31.7 cm³/mol. The minimum absolute atomic E-state index is 0.170. The average molecular weight is 169 g/mol. The molecule has 0 atom stereocenters. The molecule has 0 fully saturated rings. The van der Waals surface area contributed by atoms with E-state index in [1.807, 2.05) is 0 Å². The molecule has 2 aromatic heterocycles. The van der Waals surface area contributed by atoms with Crippen molar-refractivity contribution in [3.63, 3.8) is 0 Å². The molecular formula is C5H5N4O3+. The maximum atomic E-state index is 5.03. The van der Waals surface area contributed by atoms with Gasteiger partial charge in [-0.3, -0.25) is 4.52 Å². The van der Waals surface area contributed by atoms with Gasteiger partial charge in [0.25, 0.3) is 12.1 Å². The molecule has 0 bridgehead atoms. The van der Waals surface area contributed by atoms with Crippen molar-refractivity contribution in [2.75, 3.05) is 0 Å². The zero-order valence-electron chi connectivity index (χ0n) is 5.93. The van der Waals surface area contributed by atoms with Crippen LogP contribution in [0.2, 0.25) is 0 Å². The normalized spacial score (nSPS) is 10.0. The van der Waals surface area contributed by atoms with Crippen LogP contribution in [-0.2, 0) is 6.61 Å². The van der Waals surface area contributed by atoms with E-state index in [1.165, 1.54) is 12.5 Å². The van der Waals surface area contributed by atoms with Gasteiger partial charge in [0.1, 0.15) is 0 Å². The molecule has 2 aromatic rings. The highest BCUT2D eigenvalue weighted by atomic mass is 16.6. The summed E-state index contributed by atoms with van der Waals surface area (Å²) < 4.78 is 14.3. The fraction of sp³-hybridized carbons (Fsp3) is 0.200. The maximum Gasteiger partial charge on any atom is 0.383 e. The van der Waals surface area contributed by atoms with Gasteiger partial charge in [-0.05, 0) is 0 Å². The topological polar surface area (TPSA) is 88.3 Å². The Morgan fingerprint density at radius 3 is 3.17 bits per heavy atom. The van der Waals surface area contributed by atoms with Crippen LogP contribution >= 0.6 is 0 Å². The number of aromatic amines is 1. The Bertz CT molecular complexity index is 282. The highest BCUT2D eigenvalue weighted by molar-refractivity contribution is 4.89. The van der Waals surface area contributed by atoms with Gasteiger partial charge in [-0.15, -0.1) is 0 Å². The van der Waals surface area contributed by atoms with Crippen molar-refractivity contribution in [3.8, 4) is 5.95 Å². The minimum Gasteiger partial charge on any atom is -0.449 e. The third-order valence-corrected chi connectivity index (χ3v) is 1.12. The first-order valence-corrected chi connectivity index (χ1v) is 3.16. The number of rotatable bonds is 3. The molecule has 0 aromatic carbocycles. The lowest BCUT2D eigenvalue weighted by Gasteiger charge is -1.91. The monoisotopic (exact) mass is 169 g/mol. The van der Waals surface area contributed by atoms with Crippen molar-refractivity contribution in [2.24, 2.45) is 0 Å². The van der Waals surface area contributed by atoms with E-state index in [1.54, 1.807) is 0 Å². The molecule has 1 N–H and O–H groups in total. The van der Waals surface area contributed by atoms with E-state index >= 15 is 0 Å². The van der Waals surface area contributed by atoms with E-state index in [9.17, 15) is 0 Å². The lowest BCUT2D eigenvalue weighted by Crippen LogP contribution is -1.97. The SMILES string of the molecule is c1noc(COc2c[nH+]no2)n1. The average Bonchev–Trinajstić information content (AvgIpc) is 2.74. The van der Waals surface area contributed by atoms with E-state index < -0.39 is 0 Å². The van der Waals surface area contributed by atoms with Crippen LogP contribution in [0.4, 0.5) is 0 Å². The highest BCUT2D eigenvalue weighted by Crippen LogP contribution is 2.05. The summed E-state index contributed by atoms with van der Waals surface area (Å²) in [7, 11) is 0. The lowest BCUT2D eigenvalue weighted by molar-refractivity contribution is -0.471. The molecule has 0 amide bonds. The lowest BCUT2D eigenvalue weighted by atomic mass is 10.7. The van der Waals surface area contributed by atoms with Gasteiger partial charge in [0, 0.05) is 0 Å². The molecule has 0 saturated heterocycles. The molecule has 0 saturated carbocycles. The Morgan fingerprint density at radius 2 is 2.50 bits per heavy atom. The molecule has 7 heteroatoms. The summed E-state index contributed by atoms with van der Waals surface area (Å²) in [5.74, 6) is 0.652. The third-order valence-electron chi connectivity index (χ3n) is 1.12. The quantitative estimate of drug-likeness (QED) is 0.612. The van der Waals surface area contributed by atoms with Crippen molar-refractivity contribution in [2.45, 2.75) is 6.61 Å². The molecule has 0 aliphatic heterocycles. The van der Waals surface area contributed by atoms with Gasteiger partial charge in [-0.2, -0.15) is 4.98 Å². The van der Waals surface area contributed by atoms with Crippen LogP contribution in [0.25, 0.3) is 0 Å². The molecule has 0 aliphatic carbocycles. The number of H-pyrrole nitrogens is 1. The Labute approximate surface area is 66.3 Å². The fourth-order valence-electron chi connectivity index (χ4n) is 0.637. The molecule has 62 valence electrons. The zero-order chi connectivity index (χ0) is 8.23. The molecule has 2 rings (SSSR count). The largest absolute Gasteiger partial charge is 0.449 e. The van der Waals surface area contributed by atoms with E-state index in [4.69, 9.17) is 4.74 Å². The first kappa shape index (κ1) is 6.77. The Kier molecular flexibility index (Phi) is 1.69. The second-order valence-corrected chi connectivity index (χ2v) is 1.90. The van der Waals surface area contributed by atoms with Crippen LogP contribution in [0.3, 0.4) is 0 Å². The van der Waals surface area contributed by atoms with E-state index in [0.717, 1.165) is 0 Å². The van der Waals surface area contributed by atoms with Crippen molar-refractivity contribution in [3.05, 3.63) is 18.4 Å². The molecular weight excluding hydrogens is 164 g/mol. The van der Waals surface area contributed by atoms with Crippen molar-refractivity contribution >= 4 is 0 Å². The summed E-state index contributed by atoms with van der Waals surface area (Å²) in [5, 5.41) is 9.18. The number of aromatic nitrogens is 4. The van der Waals surface area contributed by atoms with Crippen LogP contribution in [0, 0.1) is 0 Å². The molecule has 0 unspecified atom stereocenters.